The summed E-state index contributed by atoms with van der Waals surface area (Å²) < 4.78 is 34.8. The lowest BCUT2D eigenvalue weighted by Gasteiger charge is -2.44. The van der Waals surface area contributed by atoms with Gasteiger partial charge in [-0.1, -0.05) is 55.1 Å². The van der Waals surface area contributed by atoms with E-state index in [-0.39, 0.29) is 53.0 Å². The summed E-state index contributed by atoms with van der Waals surface area (Å²) in [5.41, 5.74) is 2.53. The van der Waals surface area contributed by atoms with Gasteiger partial charge in [-0.25, -0.2) is 0 Å². The number of halogens is 2. The molecule has 4 heterocycles. The van der Waals surface area contributed by atoms with Crippen molar-refractivity contribution in [3.8, 4) is 0 Å². The third-order valence-corrected chi connectivity index (χ3v) is 9.88. The predicted molar refractivity (Wildman–Crippen MR) is 142 cm³/mol. The van der Waals surface area contributed by atoms with Crippen LogP contribution >= 0.6 is 0 Å². The highest BCUT2D eigenvalue weighted by Crippen LogP contribution is 2.78. The molecule has 1 amide bonds. The van der Waals surface area contributed by atoms with Gasteiger partial charge in [0, 0.05) is 36.0 Å². The van der Waals surface area contributed by atoms with Gasteiger partial charge in [0.2, 0.25) is 5.91 Å². The number of benzene rings is 2. The number of fused-ring (bicyclic) bond motifs is 3. The number of carbonyl (C=O) groups is 1. The van der Waals surface area contributed by atoms with E-state index in [4.69, 9.17) is 4.74 Å². The molecule has 0 radical (unpaired) electrons. The SMILES string of the molecule is C=CC(F)(F)c1cccc(CN2C[C@H]3C4=C5C6N3[C@H](C2=O)C(C2(C=C(O)/C(O)=C\4)CO2)C56Cc2ccccc2)c1. The fourth-order valence-electron chi connectivity index (χ4n) is 8.26. The molecule has 6 atom stereocenters. The first-order chi connectivity index (χ1) is 19.2. The molecule has 3 saturated heterocycles. The van der Waals surface area contributed by atoms with Crippen molar-refractivity contribution in [1.82, 2.24) is 9.80 Å². The molecule has 8 heteroatoms. The Hall–Kier alpha value is -3.75. The summed E-state index contributed by atoms with van der Waals surface area (Å²) >= 11 is 0. The van der Waals surface area contributed by atoms with Crippen LogP contribution in [0.4, 0.5) is 8.78 Å². The molecule has 0 aromatic heterocycles. The number of aliphatic hydroxyl groups is 2. The minimum absolute atomic E-state index is 0.0566. The van der Waals surface area contributed by atoms with Gasteiger partial charge in [-0.2, -0.15) is 8.78 Å². The Bertz CT molecular complexity index is 1580. The summed E-state index contributed by atoms with van der Waals surface area (Å²) in [6.07, 6.45) is 4.59. The normalized spacial score (nSPS) is 36.5. The second kappa shape index (κ2) is 7.71. The zero-order valence-corrected chi connectivity index (χ0v) is 21.6. The van der Waals surface area contributed by atoms with E-state index in [0.717, 1.165) is 17.6 Å². The van der Waals surface area contributed by atoms with E-state index in [9.17, 15) is 23.8 Å². The Morgan fingerprint density at radius 2 is 1.85 bits per heavy atom. The zero-order valence-electron chi connectivity index (χ0n) is 21.6. The van der Waals surface area contributed by atoms with Gasteiger partial charge in [-0.3, -0.25) is 9.69 Å². The molecule has 4 unspecified atom stereocenters. The van der Waals surface area contributed by atoms with E-state index in [1.807, 2.05) is 18.2 Å². The molecule has 204 valence electrons. The van der Waals surface area contributed by atoms with Crippen LogP contribution in [0.15, 0.2) is 102 Å². The highest BCUT2D eigenvalue weighted by Gasteiger charge is 2.85. The number of alkyl halides is 2. The van der Waals surface area contributed by atoms with Crippen LogP contribution in [0.3, 0.4) is 0 Å². The van der Waals surface area contributed by atoms with Crippen LogP contribution in [0.5, 0.6) is 0 Å². The Morgan fingerprint density at radius 3 is 2.58 bits per heavy atom. The summed E-state index contributed by atoms with van der Waals surface area (Å²) in [4.78, 5) is 18.4. The van der Waals surface area contributed by atoms with E-state index < -0.39 is 17.6 Å². The molecule has 40 heavy (non-hydrogen) atoms. The number of hydrogen-bond acceptors (Lipinski definition) is 5. The number of rotatable bonds is 6. The standard InChI is InChI=1S/C32H28F2N2O4/c1-2-32(33,34)20-10-6-9-19(11-20)15-35-16-22-21-12-23(37)24(38)14-30(17-40-30)27-26(29(35)39)36(22)28-25(21)31(27,28)13-18-7-4-3-5-8-18/h2-12,14,22,26-28,37-38H,1,13,15-17H2/b23-12+,24-14?/t22-,26-,27?,28?,30?,31?/m0/s1. The molecule has 1 saturated carbocycles. The first kappa shape index (κ1) is 24.1. The van der Waals surface area contributed by atoms with Gasteiger partial charge in [0.05, 0.1) is 18.7 Å². The van der Waals surface area contributed by atoms with Gasteiger partial charge in [0.25, 0.3) is 5.92 Å². The average Bonchev–Trinajstić information content (AvgIpc) is 3.79. The smallest absolute Gasteiger partial charge is 0.291 e. The van der Waals surface area contributed by atoms with Gasteiger partial charge in [-0.05, 0) is 53.0 Å². The number of allylic oxidation sites excluding steroid dienone is 1. The number of ether oxygens (including phenoxy) is 1. The number of carbonyl (C=O) groups excluding carboxylic acids is 1. The molecule has 8 rings (SSSR count). The van der Waals surface area contributed by atoms with E-state index >= 15 is 0 Å². The predicted octanol–water partition coefficient (Wildman–Crippen LogP) is 4.56. The van der Waals surface area contributed by atoms with Crippen molar-refractivity contribution in [2.75, 3.05) is 13.2 Å². The van der Waals surface area contributed by atoms with E-state index in [0.29, 0.717) is 24.8 Å². The van der Waals surface area contributed by atoms with Crippen molar-refractivity contribution in [2.45, 2.75) is 42.6 Å². The molecule has 4 fully saturated rings. The number of aliphatic hydroxyl groups excluding tert-OH is 2. The Kier molecular flexibility index (Phi) is 4.64. The van der Waals surface area contributed by atoms with Crippen LogP contribution in [-0.2, 0) is 28.4 Å². The van der Waals surface area contributed by atoms with Crippen LogP contribution in [0.1, 0.15) is 16.7 Å². The number of hydrogen-bond donors (Lipinski definition) is 2. The zero-order chi connectivity index (χ0) is 27.6. The van der Waals surface area contributed by atoms with Gasteiger partial charge < -0.3 is 19.8 Å². The number of nitrogens with zero attached hydrogens (tertiary/aromatic N) is 2. The summed E-state index contributed by atoms with van der Waals surface area (Å²) in [5.74, 6) is -3.93. The summed E-state index contributed by atoms with van der Waals surface area (Å²) in [7, 11) is 0. The number of amides is 1. The Labute approximate surface area is 230 Å². The lowest BCUT2D eigenvalue weighted by molar-refractivity contribution is -0.145. The first-order valence-electron chi connectivity index (χ1n) is 13.6. The molecule has 2 aliphatic carbocycles. The molecule has 2 aromatic carbocycles. The quantitative estimate of drug-likeness (QED) is 0.414. The van der Waals surface area contributed by atoms with Crippen LogP contribution in [0.2, 0.25) is 0 Å². The van der Waals surface area contributed by atoms with Gasteiger partial charge >= 0.3 is 0 Å². The lowest BCUT2D eigenvalue weighted by Crippen LogP contribution is -2.62. The fraction of sp³-hybridized carbons (Fsp3) is 0.344. The molecular weight excluding hydrogens is 514 g/mol. The van der Waals surface area contributed by atoms with Gasteiger partial charge in [-0.15, -0.1) is 0 Å². The van der Waals surface area contributed by atoms with Crippen molar-refractivity contribution >= 4 is 5.91 Å². The number of epoxide rings is 1. The maximum atomic E-state index is 14.4. The van der Waals surface area contributed by atoms with E-state index in [1.54, 1.807) is 29.2 Å². The maximum Gasteiger partial charge on any atom is 0.291 e. The highest BCUT2D eigenvalue weighted by molar-refractivity contribution is 5.88. The summed E-state index contributed by atoms with van der Waals surface area (Å²) in [5, 5.41) is 21.6. The fourth-order valence-corrected chi connectivity index (χ4v) is 8.26. The third-order valence-electron chi connectivity index (χ3n) is 9.88. The van der Waals surface area contributed by atoms with Crippen molar-refractivity contribution in [1.29, 1.82) is 0 Å². The molecule has 1 spiro atoms. The van der Waals surface area contributed by atoms with Crippen molar-refractivity contribution < 1.29 is 28.5 Å². The molecule has 2 N–H and O–H groups in total. The Morgan fingerprint density at radius 1 is 1.10 bits per heavy atom. The second-order valence-electron chi connectivity index (χ2n) is 11.9. The maximum absolute atomic E-state index is 14.4. The number of piperazine rings is 1. The van der Waals surface area contributed by atoms with Crippen LogP contribution in [0, 0.1) is 11.3 Å². The van der Waals surface area contributed by atoms with E-state index in [2.05, 4.69) is 23.6 Å². The molecular formula is C32H28F2N2O4. The molecule has 4 aliphatic heterocycles. The van der Waals surface area contributed by atoms with Crippen LogP contribution < -0.4 is 0 Å². The summed E-state index contributed by atoms with van der Waals surface area (Å²) in [6, 6.07) is 15.7. The van der Waals surface area contributed by atoms with Gasteiger partial charge in [0.1, 0.15) is 5.60 Å². The molecule has 6 aliphatic rings. The lowest BCUT2D eigenvalue weighted by atomic mass is 9.72. The van der Waals surface area contributed by atoms with Crippen LogP contribution in [0.25, 0.3) is 0 Å². The van der Waals surface area contributed by atoms with Crippen molar-refractivity contribution in [3.63, 3.8) is 0 Å². The molecule has 6 nitrogen and oxygen atoms in total. The van der Waals surface area contributed by atoms with Gasteiger partial charge in [0.15, 0.2) is 11.5 Å². The monoisotopic (exact) mass is 542 g/mol. The first-order valence-corrected chi connectivity index (χ1v) is 13.6. The van der Waals surface area contributed by atoms with Crippen LogP contribution in [-0.4, -0.2) is 62.8 Å². The van der Waals surface area contributed by atoms with E-state index in [1.165, 1.54) is 17.7 Å². The Balaban J connectivity index is 1.23. The van der Waals surface area contributed by atoms with Crippen molar-refractivity contribution in [3.05, 3.63) is 119 Å². The average molecular weight is 543 g/mol. The second-order valence-corrected chi connectivity index (χ2v) is 11.9. The third kappa shape index (κ3) is 3.01. The summed E-state index contributed by atoms with van der Waals surface area (Å²) in [6.45, 7) is 4.17. The number of piperidine rings is 1. The minimum atomic E-state index is -3.16. The minimum Gasteiger partial charge on any atom is -0.504 e. The highest BCUT2D eigenvalue weighted by atomic mass is 19.3. The topological polar surface area (TPSA) is 76.5 Å². The molecule has 0 bridgehead atoms. The van der Waals surface area contributed by atoms with Crippen molar-refractivity contribution in [2.24, 2.45) is 11.3 Å². The molecule has 2 aromatic rings. The largest absolute Gasteiger partial charge is 0.504 e.